The summed E-state index contributed by atoms with van der Waals surface area (Å²) in [7, 11) is 0. The molecule has 0 radical (unpaired) electrons. The largest absolute Gasteiger partial charge is 0.485 e. The van der Waals surface area contributed by atoms with Crippen molar-refractivity contribution >= 4 is 0 Å². The molecule has 1 atom stereocenters. The van der Waals surface area contributed by atoms with Crippen LogP contribution in [0.2, 0.25) is 0 Å². The molecule has 0 saturated carbocycles. The molecule has 0 aliphatic heterocycles. The fourth-order valence-electron chi connectivity index (χ4n) is 2.44. The molecule has 2 aromatic rings. The Hall–Kier alpha value is -1.81. The molecule has 0 fully saturated rings. The lowest BCUT2D eigenvalue weighted by atomic mass is 10.1. The van der Waals surface area contributed by atoms with Crippen LogP contribution in [0, 0.1) is 6.92 Å². The molecule has 2 rings (SSSR count). The Morgan fingerprint density at radius 3 is 2.81 bits per heavy atom. The Morgan fingerprint density at radius 2 is 2.14 bits per heavy atom. The van der Waals surface area contributed by atoms with E-state index in [0.717, 1.165) is 30.2 Å². The van der Waals surface area contributed by atoms with Gasteiger partial charge in [-0.05, 0) is 44.5 Å². The zero-order valence-electron chi connectivity index (χ0n) is 13.4. The Balaban J connectivity index is 2.04. The SMILES string of the molecule is CCNC(C)c1ccc(OCc2nccn2CC)c(C)c1. The fraction of sp³-hybridized carbons (Fsp3) is 0.471. The van der Waals surface area contributed by atoms with Crippen LogP contribution in [0.4, 0.5) is 0 Å². The molecule has 4 nitrogen and oxygen atoms in total. The van der Waals surface area contributed by atoms with E-state index < -0.39 is 0 Å². The van der Waals surface area contributed by atoms with E-state index in [1.165, 1.54) is 5.56 Å². The highest BCUT2D eigenvalue weighted by atomic mass is 16.5. The van der Waals surface area contributed by atoms with Gasteiger partial charge in [-0.25, -0.2) is 4.98 Å². The van der Waals surface area contributed by atoms with Crippen LogP contribution in [0.15, 0.2) is 30.6 Å². The van der Waals surface area contributed by atoms with Gasteiger partial charge in [0.25, 0.3) is 0 Å². The summed E-state index contributed by atoms with van der Waals surface area (Å²) in [5.74, 6) is 1.88. The predicted octanol–water partition coefficient (Wildman–Crippen LogP) is 3.46. The number of benzene rings is 1. The number of imidazole rings is 1. The van der Waals surface area contributed by atoms with Crippen LogP contribution in [0.25, 0.3) is 0 Å². The van der Waals surface area contributed by atoms with Gasteiger partial charge in [-0.15, -0.1) is 0 Å². The standard InChI is InChI=1S/C17H25N3O/c1-5-18-14(4)15-7-8-16(13(3)11-15)21-12-17-19-9-10-20(17)6-2/h7-11,14,18H,5-6,12H2,1-4H3. The number of rotatable bonds is 7. The second kappa shape index (κ2) is 7.27. The zero-order valence-corrected chi connectivity index (χ0v) is 13.4. The van der Waals surface area contributed by atoms with Crippen molar-refractivity contribution < 1.29 is 4.74 Å². The summed E-state index contributed by atoms with van der Waals surface area (Å²) in [4.78, 5) is 4.33. The zero-order chi connectivity index (χ0) is 15.2. The summed E-state index contributed by atoms with van der Waals surface area (Å²) in [5.41, 5.74) is 2.45. The first kappa shape index (κ1) is 15.6. The van der Waals surface area contributed by atoms with E-state index in [4.69, 9.17) is 4.74 Å². The average Bonchev–Trinajstić information content (AvgIpc) is 2.93. The molecule has 1 aromatic carbocycles. The normalized spacial score (nSPS) is 12.4. The maximum atomic E-state index is 5.91. The summed E-state index contributed by atoms with van der Waals surface area (Å²) >= 11 is 0. The minimum atomic E-state index is 0.363. The van der Waals surface area contributed by atoms with Crippen LogP contribution in [-0.2, 0) is 13.2 Å². The van der Waals surface area contributed by atoms with Crippen LogP contribution in [0.1, 0.15) is 43.8 Å². The van der Waals surface area contributed by atoms with Gasteiger partial charge in [-0.1, -0.05) is 19.1 Å². The van der Waals surface area contributed by atoms with Crippen LogP contribution < -0.4 is 10.1 Å². The molecule has 21 heavy (non-hydrogen) atoms. The monoisotopic (exact) mass is 287 g/mol. The Labute approximate surface area is 127 Å². The Bertz CT molecular complexity index is 577. The van der Waals surface area contributed by atoms with Crippen LogP contribution >= 0.6 is 0 Å². The number of nitrogens with zero attached hydrogens (tertiary/aromatic N) is 2. The van der Waals surface area contributed by atoms with E-state index in [0.29, 0.717) is 12.6 Å². The van der Waals surface area contributed by atoms with Crippen molar-refractivity contribution in [1.82, 2.24) is 14.9 Å². The molecule has 0 spiro atoms. The Morgan fingerprint density at radius 1 is 1.33 bits per heavy atom. The van der Waals surface area contributed by atoms with E-state index in [2.05, 4.69) is 60.8 Å². The molecule has 0 amide bonds. The number of ether oxygens (including phenoxy) is 1. The molecule has 1 N–H and O–H groups in total. The first-order valence-corrected chi connectivity index (χ1v) is 7.62. The van der Waals surface area contributed by atoms with Crippen molar-refractivity contribution in [3.63, 3.8) is 0 Å². The number of nitrogens with one attached hydrogen (secondary N) is 1. The molecular weight excluding hydrogens is 262 g/mol. The highest BCUT2D eigenvalue weighted by Crippen LogP contribution is 2.23. The van der Waals surface area contributed by atoms with Crippen molar-refractivity contribution in [1.29, 1.82) is 0 Å². The summed E-state index contributed by atoms with van der Waals surface area (Å²) in [5, 5.41) is 3.42. The van der Waals surface area contributed by atoms with Gasteiger partial charge in [0.15, 0.2) is 0 Å². The summed E-state index contributed by atoms with van der Waals surface area (Å²) in [6, 6.07) is 6.73. The third-order valence-electron chi connectivity index (χ3n) is 3.71. The fourth-order valence-corrected chi connectivity index (χ4v) is 2.44. The van der Waals surface area contributed by atoms with E-state index in [9.17, 15) is 0 Å². The van der Waals surface area contributed by atoms with Crippen molar-refractivity contribution in [2.45, 2.75) is 46.9 Å². The van der Waals surface area contributed by atoms with Crippen LogP contribution in [0.5, 0.6) is 5.75 Å². The molecule has 0 saturated heterocycles. The first-order chi connectivity index (χ1) is 10.2. The van der Waals surface area contributed by atoms with E-state index in [1.807, 2.05) is 12.4 Å². The average molecular weight is 287 g/mol. The lowest BCUT2D eigenvalue weighted by Crippen LogP contribution is -2.17. The lowest BCUT2D eigenvalue weighted by Gasteiger charge is -2.15. The van der Waals surface area contributed by atoms with Gasteiger partial charge in [-0.2, -0.15) is 0 Å². The van der Waals surface area contributed by atoms with Gasteiger partial charge in [0.05, 0.1) is 0 Å². The van der Waals surface area contributed by atoms with Gasteiger partial charge in [0.2, 0.25) is 0 Å². The molecule has 0 aliphatic carbocycles. The predicted molar refractivity (Wildman–Crippen MR) is 85.5 cm³/mol. The summed E-state index contributed by atoms with van der Waals surface area (Å²) < 4.78 is 8.01. The van der Waals surface area contributed by atoms with E-state index in [1.54, 1.807) is 0 Å². The summed E-state index contributed by atoms with van der Waals surface area (Å²) in [6.45, 7) is 10.9. The smallest absolute Gasteiger partial charge is 0.146 e. The maximum Gasteiger partial charge on any atom is 0.146 e. The molecule has 1 heterocycles. The quantitative estimate of drug-likeness (QED) is 0.847. The van der Waals surface area contributed by atoms with Crippen LogP contribution in [0.3, 0.4) is 0 Å². The minimum absolute atomic E-state index is 0.363. The minimum Gasteiger partial charge on any atom is -0.485 e. The molecule has 1 unspecified atom stereocenters. The number of hydrogen-bond acceptors (Lipinski definition) is 3. The highest BCUT2D eigenvalue weighted by molar-refractivity contribution is 5.37. The first-order valence-electron chi connectivity index (χ1n) is 7.62. The number of aryl methyl sites for hydroxylation is 2. The van der Waals surface area contributed by atoms with E-state index >= 15 is 0 Å². The lowest BCUT2D eigenvalue weighted by molar-refractivity contribution is 0.288. The third kappa shape index (κ3) is 3.85. The second-order valence-corrected chi connectivity index (χ2v) is 5.22. The van der Waals surface area contributed by atoms with Crippen molar-refractivity contribution in [2.24, 2.45) is 0 Å². The second-order valence-electron chi connectivity index (χ2n) is 5.22. The molecule has 114 valence electrons. The third-order valence-corrected chi connectivity index (χ3v) is 3.71. The molecule has 1 aromatic heterocycles. The van der Waals surface area contributed by atoms with E-state index in [-0.39, 0.29) is 0 Å². The topological polar surface area (TPSA) is 39.1 Å². The molecule has 0 bridgehead atoms. The number of aromatic nitrogens is 2. The van der Waals surface area contributed by atoms with Crippen molar-refractivity contribution in [2.75, 3.05) is 6.54 Å². The molecule has 4 heteroatoms. The van der Waals surface area contributed by atoms with Crippen molar-refractivity contribution in [3.8, 4) is 5.75 Å². The van der Waals surface area contributed by atoms with Gasteiger partial charge >= 0.3 is 0 Å². The van der Waals surface area contributed by atoms with Gasteiger partial charge in [0, 0.05) is 25.0 Å². The van der Waals surface area contributed by atoms with Crippen molar-refractivity contribution in [3.05, 3.63) is 47.5 Å². The number of hydrogen-bond donors (Lipinski definition) is 1. The maximum absolute atomic E-state index is 5.91. The van der Waals surface area contributed by atoms with Gasteiger partial charge in [0.1, 0.15) is 18.2 Å². The summed E-state index contributed by atoms with van der Waals surface area (Å²) in [6.07, 6.45) is 3.79. The van der Waals surface area contributed by atoms with Gasteiger partial charge in [-0.3, -0.25) is 0 Å². The Kier molecular flexibility index (Phi) is 5.39. The highest BCUT2D eigenvalue weighted by Gasteiger charge is 2.08. The van der Waals surface area contributed by atoms with Gasteiger partial charge < -0.3 is 14.6 Å². The van der Waals surface area contributed by atoms with Crippen LogP contribution in [-0.4, -0.2) is 16.1 Å². The molecular formula is C17H25N3O. The molecule has 0 aliphatic rings.